The molecule has 0 radical (unpaired) electrons. The Morgan fingerprint density at radius 1 is 1.09 bits per heavy atom. The zero-order valence-electron chi connectivity index (χ0n) is 19.2. The van der Waals surface area contributed by atoms with Gasteiger partial charge >= 0.3 is 0 Å². The van der Waals surface area contributed by atoms with Crippen LogP contribution in [0.2, 0.25) is 0 Å². The molecule has 1 fully saturated rings. The third kappa shape index (κ3) is 4.22. The van der Waals surface area contributed by atoms with Crippen molar-refractivity contribution >= 4 is 22.7 Å². The van der Waals surface area contributed by atoms with Gasteiger partial charge in [0.2, 0.25) is 18.5 Å². The summed E-state index contributed by atoms with van der Waals surface area (Å²) in [5.74, 6) is 3.37. The molecule has 35 heavy (non-hydrogen) atoms. The van der Waals surface area contributed by atoms with Crippen molar-refractivity contribution in [1.29, 1.82) is 0 Å². The van der Waals surface area contributed by atoms with E-state index in [0.29, 0.717) is 51.6 Å². The van der Waals surface area contributed by atoms with E-state index in [0.717, 1.165) is 37.0 Å². The van der Waals surface area contributed by atoms with Crippen molar-refractivity contribution in [2.24, 2.45) is 0 Å². The van der Waals surface area contributed by atoms with Gasteiger partial charge in [-0.15, -0.1) is 0 Å². The second-order valence-corrected chi connectivity index (χ2v) is 9.43. The van der Waals surface area contributed by atoms with Gasteiger partial charge in [0.15, 0.2) is 16.7 Å². The first kappa shape index (κ1) is 22.0. The van der Waals surface area contributed by atoms with Crippen molar-refractivity contribution in [3.63, 3.8) is 0 Å². The number of fused-ring (bicyclic) bond motifs is 2. The molecule has 2 aromatic carbocycles. The highest BCUT2D eigenvalue weighted by atomic mass is 32.2. The molecule has 1 aliphatic carbocycles. The molecule has 2 aromatic heterocycles. The highest BCUT2D eigenvalue weighted by Gasteiger charge is 2.25. The number of aromatic nitrogens is 4. The quantitative estimate of drug-likeness (QED) is 0.261. The molecule has 0 bridgehead atoms. The lowest BCUT2D eigenvalue weighted by atomic mass is 10.2. The number of ether oxygens (including phenoxy) is 3. The summed E-state index contributed by atoms with van der Waals surface area (Å²) in [6.07, 6.45) is 4.15. The Morgan fingerprint density at radius 2 is 1.86 bits per heavy atom. The van der Waals surface area contributed by atoms with Gasteiger partial charge in [-0.1, -0.05) is 29.8 Å². The molecular formula is C25H24N4O5S. The first-order valence-corrected chi connectivity index (χ1v) is 12.7. The van der Waals surface area contributed by atoms with Crippen molar-refractivity contribution in [3.05, 3.63) is 52.6 Å². The van der Waals surface area contributed by atoms with Gasteiger partial charge in [0.1, 0.15) is 5.75 Å². The smallest absolute Gasteiger partial charge is 0.262 e. The molecule has 0 spiro atoms. The SMILES string of the molecule is CCOc1ccc(-c2noc(CSc3nc4cc5c(cc4c(=O)n3C3CCCC3)OCO5)n2)cc1. The van der Waals surface area contributed by atoms with Gasteiger partial charge in [-0.2, -0.15) is 4.98 Å². The molecule has 4 aromatic rings. The predicted molar refractivity (Wildman–Crippen MR) is 130 cm³/mol. The Hall–Kier alpha value is -3.53. The topological polar surface area (TPSA) is 102 Å². The predicted octanol–water partition coefficient (Wildman–Crippen LogP) is 4.98. The lowest BCUT2D eigenvalue weighted by Crippen LogP contribution is -2.26. The molecule has 3 heterocycles. The standard InChI is InChI=1S/C25H24N4O5S/c1-2-31-17-9-7-15(8-10-17)23-27-22(34-28-23)13-35-25-26-19-12-21-20(32-14-33-21)11-18(19)24(30)29(25)16-5-3-4-6-16/h7-12,16H,2-6,13-14H2,1H3. The normalized spacial score (nSPS) is 15.2. The van der Waals surface area contributed by atoms with E-state index in [9.17, 15) is 4.79 Å². The van der Waals surface area contributed by atoms with E-state index in [1.807, 2.05) is 35.8 Å². The monoisotopic (exact) mass is 492 g/mol. The Bertz CT molecular complexity index is 1430. The summed E-state index contributed by atoms with van der Waals surface area (Å²) in [6, 6.07) is 11.2. The fraction of sp³-hybridized carbons (Fsp3) is 0.360. The fourth-order valence-electron chi connectivity index (χ4n) is 4.58. The molecule has 0 unspecified atom stereocenters. The first-order chi connectivity index (χ1) is 17.2. The number of hydrogen-bond acceptors (Lipinski definition) is 9. The molecular weight excluding hydrogens is 468 g/mol. The molecule has 180 valence electrons. The van der Waals surface area contributed by atoms with E-state index in [2.05, 4.69) is 10.1 Å². The summed E-state index contributed by atoms with van der Waals surface area (Å²) < 4.78 is 23.8. The summed E-state index contributed by atoms with van der Waals surface area (Å²) in [4.78, 5) is 23.0. The van der Waals surface area contributed by atoms with Crippen molar-refractivity contribution in [2.45, 2.75) is 49.6 Å². The lowest BCUT2D eigenvalue weighted by Gasteiger charge is -2.18. The maximum absolute atomic E-state index is 13.6. The van der Waals surface area contributed by atoms with E-state index in [-0.39, 0.29) is 18.4 Å². The molecule has 0 amide bonds. The van der Waals surface area contributed by atoms with Crippen molar-refractivity contribution in [1.82, 2.24) is 19.7 Å². The number of nitrogens with zero attached hydrogens (tertiary/aromatic N) is 4. The van der Waals surface area contributed by atoms with Crippen molar-refractivity contribution in [2.75, 3.05) is 13.4 Å². The summed E-state index contributed by atoms with van der Waals surface area (Å²) in [5, 5.41) is 5.31. The third-order valence-corrected chi connectivity index (χ3v) is 7.21. The first-order valence-electron chi connectivity index (χ1n) is 11.7. The number of thioether (sulfide) groups is 1. The Balaban J connectivity index is 1.29. The van der Waals surface area contributed by atoms with Crippen LogP contribution in [0.25, 0.3) is 22.3 Å². The van der Waals surface area contributed by atoms with Crippen LogP contribution >= 0.6 is 11.8 Å². The molecule has 0 N–H and O–H groups in total. The maximum atomic E-state index is 13.6. The highest BCUT2D eigenvalue weighted by molar-refractivity contribution is 7.98. The second-order valence-electron chi connectivity index (χ2n) is 8.49. The van der Waals surface area contributed by atoms with Gasteiger partial charge in [-0.05, 0) is 50.1 Å². The van der Waals surface area contributed by atoms with E-state index in [1.165, 1.54) is 11.8 Å². The van der Waals surface area contributed by atoms with Crippen LogP contribution < -0.4 is 19.8 Å². The van der Waals surface area contributed by atoms with Gasteiger partial charge < -0.3 is 18.7 Å². The maximum Gasteiger partial charge on any atom is 0.262 e. The minimum absolute atomic E-state index is 0.0525. The summed E-state index contributed by atoms with van der Waals surface area (Å²) in [7, 11) is 0. The van der Waals surface area contributed by atoms with Crippen LogP contribution in [-0.2, 0) is 5.75 Å². The zero-order valence-corrected chi connectivity index (χ0v) is 20.0. The van der Waals surface area contributed by atoms with E-state index in [4.69, 9.17) is 23.7 Å². The Morgan fingerprint density at radius 3 is 2.63 bits per heavy atom. The van der Waals surface area contributed by atoms with Crippen LogP contribution in [0.1, 0.15) is 44.5 Å². The number of hydrogen-bond donors (Lipinski definition) is 0. The molecule has 0 saturated heterocycles. The summed E-state index contributed by atoms with van der Waals surface area (Å²) in [5.41, 5.74) is 1.39. The van der Waals surface area contributed by atoms with E-state index >= 15 is 0 Å². The van der Waals surface area contributed by atoms with E-state index in [1.54, 1.807) is 12.1 Å². The highest BCUT2D eigenvalue weighted by Crippen LogP contribution is 2.37. The molecule has 10 heteroatoms. The van der Waals surface area contributed by atoms with Gasteiger partial charge in [-0.3, -0.25) is 9.36 Å². The van der Waals surface area contributed by atoms with Crippen molar-refractivity contribution in [3.8, 4) is 28.6 Å². The van der Waals surface area contributed by atoms with Crippen LogP contribution in [0.15, 0.2) is 50.9 Å². The number of benzene rings is 2. The lowest BCUT2D eigenvalue weighted by molar-refractivity contribution is 0.174. The molecule has 2 aliphatic rings. The van der Waals surface area contributed by atoms with Gasteiger partial charge in [0.05, 0.1) is 23.3 Å². The molecule has 1 saturated carbocycles. The third-order valence-electron chi connectivity index (χ3n) is 6.27. The van der Waals surface area contributed by atoms with Crippen LogP contribution in [0.4, 0.5) is 0 Å². The number of rotatable bonds is 7. The molecule has 1 aliphatic heterocycles. The Kier molecular flexibility index (Phi) is 5.81. The minimum atomic E-state index is -0.0525. The fourth-order valence-corrected chi connectivity index (χ4v) is 5.48. The van der Waals surface area contributed by atoms with Crippen molar-refractivity contribution < 1.29 is 18.7 Å². The Labute approximate surface area is 205 Å². The van der Waals surface area contributed by atoms with Gasteiger partial charge in [0, 0.05) is 17.7 Å². The van der Waals surface area contributed by atoms with Crippen LogP contribution in [0.5, 0.6) is 17.2 Å². The second kappa shape index (κ2) is 9.26. The molecule has 6 rings (SSSR count). The summed E-state index contributed by atoms with van der Waals surface area (Å²) >= 11 is 1.43. The molecule has 9 nitrogen and oxygen atoms in total. The summed E-state index contributed by atoms with van der Waals surface area (Å²) in [6.45, 7) is 2.71. The van der Waals surface area contributed by atoms with Crippen LogP contribution in [-0.4, -0.2) is 33.1 Å². The minimum Gasteiger partial charge on any atom is -0.494 e. The van der Waals surface area contributed by atoms with Gasteiger partial charge in [-0.25, -0.2) is 4.98 Å². The molecule has 0 atom stereocenters. The van der Waals surface area contributed by atoms with Crippen LogP contribution in [0, 0.1) is 0 Å². The average molecular weight is 493 g/mol. The largest absolute Gasteiger partial charge is 0.494 e. The van der Waals surface area contributed by atoms with E-state index < -0.39 is 0 Å². The average Bonchev–Trinajstić information content (AvgIpc) is 3.64. The van der Waals surface area contributed by atoms with Crippen LogP contribution in [0.3, 0.4) is 0 Å². The van der Waals surface area contributed by atoms with Gasteiger partial charge in [0.25, 0.3) is 5.56 Å². The zero-order chi connectivity index (χ0) is 23.8.